The van der Waals surface area contributed by atoms with E-state index in [2.05, 4.69) is 15.5 Å². The molecule has 1 heterocycles. The molecule has 25 heavy (non-hydrogen) atoms. The van der Waals surface area contributed by atoms with Crippen LogP contribution >= 0.6 is 0 Å². The number of methoxy groups -OCH3 is 1. The Morgan fingerprint density at radius 1 is 1.16 bits per heavy atom. The summed E-state index contributed by atoms with van der Waals surface area (Å²) in [5.74, 6) is 1.36. The second kappa shape index (κ2) is 7.32. The number of hydrogen-bond acceptors (Lipinski definition) is 6. The average molecular weight is 332 g/mol. The van der Waals surface area contributed by atoms with Gasteiger partial charge in [0.25, 0.3) is 5.88 Å². The number of ether oxygens (including phenoxy) is 1. The van der Waals surface area contributed by atoms with Crippen LogP contribution in [0.2, 0.25) is 0 Å². The Bertz CT molecular complexity index is 920. The van der Waals surface area contributed by atoms with Crippen molar-refractivity contribution in [1.82, 2.24) is 4.98 Å². The van der Waals surface area contributed by atoms with Gasteiger partial charge in [0.1, 0.15) is 11.8 Å². The van der Waals surface area contributed by atoms with E-state index in [0.717, 1.165) is 22.4 Å². The van der Waals surface area contributed by atoms with E-state index in [4.69, 9.17) is 9.15 Å². The van der Waals surface area contributed by atoms with Gasteiger partial charge in [-0.2, -0.15) is 15.3 Å². The van der Waals surface area contributed by atoms with Crippen LogP contribution in [0.25, 0.3) is 11.5 Å². The number of rotatable bonds is 5. The van der Waals surface area contributed by atoms with Crippen LogP contribution in [-0.4, -0.2) is 18.3 Å². The number of anilines is 1. The fourth-order valence-corrected chi connectivity index (χ4v) is 2.15. The van der Waals surface area contributed by atoms with E-state index in [0.29, 0.717) is 5.89 Å². The number of nitrogens with zero attached hydrogens (tertiary/aromatic N) is 3. The first-order chi connectivity index (χ1) is 12.2. The van der Waals surface area contributed by atoms with E-state index in [1.165, 1.54) is 0 Å². The summed E-state index contributed by atoms with van der Waals surface area (Å²) in [5, 5.41) is 13.3. The molecule has 1 aromatic heterocycles. The lowest BCUT2D eigenvalue weighted by Crippen LogP contribution is -1.91. The van der Waals surface area contributed by atoms with Crippen molar-refractivity contribution in [3.05, 3.63) is 65.4 Å². The first-order valence-corrected chi connectivity index (χ1v) is 7.60. The van der Waals surface area contributed by atoms with Gasteiger partial charge in [0.05, 0.1) is 13.3 Å². The summed E-state index contributed by atoms with van der Waals surface area (Å²) in [5.41, 5.74) is 5.70. The topological polar surface area (TPSA) is 83.4 Å². The van der Waals surface area contributed by atoms with Crippen LogP contribution in [0.5, 0.6) is 5.75 Å². The van der Waals surface area contributed by atoms with E-state index >= 15 is 0 Å². The molecule has 0 fully saturated rings. The number of hydrogen-bond donors (Lipinski definition) is 1. The molecule has 0 atom stereocenters. The van der Waals surface area contributed by atoms with Gasteiger partial charge in [-0.05, 0) is 48.9 Å². The number of aromatic nitrogens is 1. The molecule has 0 aliphatic rings. The van der Waals surface area contributed by atoms with Gasteiger partial charge in [0, 0.05) is 5.56 Å². The quantitative estimate of drug-likeness (QED) is 0.564. The molecule has 124 valence electrons. The zero-order valence-electron chi connectivity index (χ0n) is 13.9. The molecule has 0 aliphatic carbocycles. The van der Waals surface area contributed by atoms with Crippen LogP contribution in [0.1, 0.15) is 16.8 Å². The Morgan fingerprint density at radius 3 is 2.52 bits per heavy atom. The first kappa shape index (κ1) is 16.3. The number of nitrogens with one attached hydrogen (secondary N) is 1. The van der Waals surface area contributed by atoms with Crippen LogP contribution in [0.4, 0.5) is 5.88 Å². The molecule has 0 radical (unpaired) electrons. The van der Waals surface area contributed by atoms with E-state index in [9.17, 15) is 5.26 Å². The molecule has 3 aromatic rings. The van der Waals surface area contributed by atoms with E-state index in [1.54, 1.807) is 13.3 Å². The highest BCUT2D eigenvalue weighted by molar-refractivity contribution is 5.80. The first-order valence-electron chi connectivity index (χ1n) is 7.60. The van der Waals surface area contributed by atoms with Crippen LogP contribution in [0.3, 0.4) is 0 Å². The zero-order valence-corrected chi connectivity index (χ0v) is 13.9. The summed E-state index contributed by atoms with van der Waals surface area (Å²) in [4.78, 5) is 4.20. The third-order valence-corrected chi connectivity index (χ3v) is 3.53. The molecule has 0 spiro atoms. The van der Waals surface area contributed by atoms with Crippen LogP contribution < -0.4 is 10.2 Å². The maximum absolute atomic E-state index is 9.22. The lowest BCUT2D eigenvalue weighted by Gasteiger charge is -1.99. The Hall–Kier alpha value is -3.59. The van der Waals surface area contributed by atoms with E-state index < -0.39 is 0 Å². The highest BCUT2D eigenvalue weighted by atomic mass is 16.5. The van der Waals surface area contributed by atoms with Crippen molar-refractivity contribution in [3.8, 4) is 23.3 Å². The standard InChI is InChI=1S/C19H16N4O2/c1-13-3-7-15(8-4-13)18-22-17(11-20)19(25-18)23-21-12-14-5-9-16(24-2)10-6-14/h3-10,12,23H,1-2H3/b21-12+. The second-order valence-corrected chi connectivity index (χ2v) is 5.32. The molecule has 0 bridgehead atoms. The molecule has 0 unspecified atom stereocenters. The van der Waals surface area contributed by atoms with Crippen molar-refractivity contribution in [1.29, 1.82) is 5.26 Å². The molecule has 1 N–H and O–H groups in total. The van der Waals surface area contributed by atoms with Crippen molar-refractivity contribution < 1.29 is 9.15 Å². The summed E-state index contributed by atoms with van der Waals surface area (Å²) < 4.78 is 10.7. The summed E-state index contributed by atoms with van der Waals surface area (Å²) >= 11 is 0. The maximum atomic E-state index is 9.22. The van der Waals surface area contributed by atoms with Crippen molar-refractivity contribution in [2.45, 2.75) is 6.92 Å². The van der Waals surface area contributed by atoms with Crippen molar-refractivity contribution in [3.63, 3.8) is 0 Å². The number of aryl methyl sites for hydroxylation is 1. The third-order valence-electron chi connectivity index (χ3n) is 3.53. The van der Waals surface area contributed by atoms with Gasteiger partial charge in [0.2, 0.25) is 11.6 Å². The molecule has 2 aromatic carbocycles. The molecule has 3 rings (SSSR count). The molecule has 0 aliphatic heterocycles. The van der Waals surface area contributed by atoms with Gasteiger partial charge in [-0.1, -0.05) is 17.7 Å². The molecule has 0 saturated carbocycles. The maximum Gasteiger partial charge on any atom is 0.252 e. The monoisotopic (exact) mass is 332 g/mol. The smallest absolute Gasteiger partial charge is 0.252 e. The van der Waals surface area contributed by atoms with Gasteiger partial charge >= 0.3 is 0 Å². The minimum absolute atomic E-state index is 0.155. The fourth-order valence-electron chi connectivity index (χ4n) is 2.15. The van der Waals surface area contributed by atoms with Crippen molar-refractivity contribution in [2.24, 2.45) is 5.10 Å². The SMILES string of the molecule is COc1ccc(/C=N/Nc2oc(-c3ccc(C)cc3)nc2C#N)cc1. The second-order valence-electron chi connectivity index (χ2n) is 5.32. The third kappa shape index (κ3) is 3.85. The predicted molar refractivity (Wildman–Crippen MR) is 95.6 cm³/mol. The van der Waals surface area contributed by atoms with Gasteiger partial charge in [-0.3, -0.25) is 0 Å². The van der Waals surface area contributed by atoms with Gasteiger partial charge in [-0.25, -0.2) is 5.43 Å². The summed E-state index contributed by atoms with van der Waals surface area (Å²) in [6.45, 7) is 2.00. The number of nitriles is 1. The van der Waals surface area contributed by atoms with Crippen LogP contribution in [-0.2, 0) is 0 Å². The van der Waals surface area contributed by atoms with Crippen molar-refractivity contribution >= 4 is 12.1 Å². The lowest BCUT2D eigenvalue weighted by atomic mass is 10.1. The molecule has 6 nitrogen and oxygen atoms in total. The molecular formula is C19H16N4O2. The normalized spacial score (nSPS) is 10.6. The average Bonchev–Trinajstić information content (AvgIpc) is 3.06. The number of hydrazone groups is 1. The highest BCUT2D eigenvalue weighted by Crippen LogP contribution is 2.25. The minimum atomic E-state index is 0.155. The number of oxazole rings is 1. The number of benzene rings is 2. The summed E-state index contributed by atoms with van der Waals surface area (Å²) in [6.07, 6.45) is 1.62. The van der Waals surface area contributed by atoms with Crippen molar-refractivity contribution in [2.75, 3.05) is 12.5 Å². The van der Waals surface area contributed by atoms with Crippen LogP contribution in [0, 0.1) is 18.3 Å². The summed E-state index contributed by atoms with van der Waals surface area (Å²) in [6, 6.07) is 17.1. The van der Waals surface area contributed by atoms with E-state index in [1.807, 2.05) is 61.5 Å². The minimum Gasteiger partial charge on any atom is -0.497 e. The van der Waals surface area contributed by atoms with Gasteiger partial charge in [0.15, 0.2) is 0 Å². The zero-order chi connectivity index (χ0) is 17.6. The Morgan fingerprint density at radius 2 is 1.88 bits per heavy atom. The predicted octanol–water partition coefficient (Wildman–Crippen LogP) is 3.98. The lowest BCUT2D eigenvalue weighted by molar-refractivity contribution is 0.415. The van der Waals surface area contributed by atoms with E-state index in [-0.39, 0.29) is 11.6 Å². The largest absolute Gasteiger partial charge is 0.497 e. The molecule has 0 saturated heterocycles. The highest BCUT2D eigenvalue weighted by Gasteiger charge is 2.13. The van der Waals surface area contributed by atoms with Gasteiger partial charge < -0.3 is 9.15 Å². The molecule has 6 heteroatoms. The van der Waals surface area contributed by atoms with Crippen LogP contribution in [0.15, 0.2) is 58.0 Å². The Balaban J connectivity index is 1.76. The Kier molecular flexibility index (Phi) is 4.77. The Labute approximate surface area is 145 Å². The van der Waals surface area contributed by atoms with Gasteiger partial charge in [-0.15, -0.1) is 0 Å². The fraction of sp³-hybridized carbons (Fsp3) is 0.105. The molecular weight excluding hydrogens is 316 g/mol. The summed E-state index contributed by atoms with van der Waals surface area (Å²) in [7, 11) is 1.61. The molecule has 0 amide bonds.